The molecule has 0 unspecified atom stereocenters. The van der Waals surface area contributed by atoms with Gasteiger partial charge in [-0.3, -0.25) is 0 Å². The van der Waals surface area contributed by atoms with E-state index in [1.54, 1.807) is 7.11 Å². The third-order valence-electron chi connectivity index (χ3n) is 5.04. The standard InChI is InChI=1S/C19H28N4OS/c1-13-10-15(6-7-17(13)24-4)23-19(14-11-16(12-14)22(2)3)20-18(21-23)8-9-25-5/h6-7,10,14,16H,8-9,11-12H2,1-5H3. The van der Waals surface area contributed by atoms with E-state index in [9.17, 15) is 0 Å². The lowest BCUT2D eigenvalue weighted by Crippen LogP contribution is -2.40. The number of thioether (sulfide) groups is 1. The van der Waals surface area contributed by atoms with Gasteiger partial charge in [0.25, 0.3) is 0 Å². The molecular formula is C19H28N4OS. The van der Waals surface area contributed by atoms with Crippen LogP contribution in [0, 0.1) is 6.92 Å². The van der Waals surface area contributed by atoms with Crippen molar-refractivity contribution in [1.29, 1.82) is 0 Å². The summed E-state index contributed by atoms with van der Waals surface area (Å²) in [6.07, 6.45) is 5.35. The SMILES string of the molecule is COc1ccc(-n2nc(CCSC)nc2C2CC(N(C)C)C2)cc1C. The molecule has 0 radical (unpaired) electrons. The van der Waals surface area contributed by atoms with Crippen molar-refractivity contribution < 1.29 is 4.74 Å². The number of rotatable bonds is 7. The van der Waals surface area contributed by atoms with Crippen molar-refractivity contribution in [2.45, 2.75) is 38.1 Å². The zero-order valence-electron chi connectivity index (χ0n) is 15.8. The van der Waals surface area contributed by atoms with Crippen molar-refractivity contribution in [2.75, 3.05) is 33.2 Å². The maximum atomic E-state index is 5.39. The van der Waals surface area contributed by atoms with E-state index in [4.69, 9.17) is 14.8 Å². The van der Waals surface area contributed by atoms with Gasteiger partial charge < -0.3 is 9.64 Å². The van der Waals surface area contributed by atoms with Gasteiger partial charge >= 0.3 is 0 Å². The Morgan fingerprint density at radius 2 is 2.08 bits per heavy atom. The molecule has 0 saturated heterocycles. The summed E-state index contributed by atoms with van der Waals surface area (Å²) >= 11 is 1.83. The van der Waals surface area contributed by atoms with Crippen LogP contribution in [0.1, 0.15) is 36.0 Å². The first-order valence-electron chi connectivity index (χ1n) is 8.79. The van der Waals surface area contributed by atoms with Crippen LogP contribution >= 0.6 is 11.8 Å². The largest absolute Gasteiger partial charge is 0.496 e. The first kappa shape index (κ1) is 18.3. The van der Waals surface area contributed by atoms with Gasteiger partial charge in [-0.1, -0.05) is 0 Å². The average molecular weight is 361 g/mol. The van der Waals surface area contributed by atoms with E-state index >= 15 is 0 Å². The number of hydrogen-bond acceptors (Lipinski definition) is 5. The van der Waals surface area contributed by atoms with Crippen LogP contribution in [0.25, 0.3) is 5.69 Å². The Morgan fingerprint density at radius 3 is 2.68 bits per heavy atom. The number of hydrogen-bond donors (Lipinski definition) is 0. The predicted octanol–water partition coefficient (Wildman–Crippen LogP) is 3.30. The Balaban J connectivity index is 1.91. The van der Waals surface area contributed by atoms with Gasteiger partial charge in [0.15, 0.2) is 5.82 Å². The van der Waals surface area contributed by atoms with Gasteiger partial charge in [-0.05, 0) is 63.9 Å². The second-order valence-corrected chi connectivity index (χ2v) is 7.97. The topological polar surface area (TPSA) is 43.2 Å². The highest BCUT2D eigenvalue weighted by molar-refractivity contribution is 7.98. The number of nitrogens with zero attached hydrogens (tertiary/aromatic N) is 4. The summed E-state index contributed by atoms with van der Waals surface area (Å²) < 4.78 is 7.45. The van der Waals surface area contributed by atoms with Crippen LogP contribution in [0.5, 0.6) is 5.75 Å². The molecule has 1 aliphatic rings. The lowest BCUT2D eigenvalue weighted by atomic mass is 9.79. The normalized spacial score (nSPS) is 19.9. The van der Waals surface area contributed by atoms with Crippen LogP contribution in [0.3, 0.4) is 0 Å². The van der Waals surface area contributed by atoms with E-state index in [-0.39, 0.29) is 0 Å². The van der Waals surface area contributed by atoms with Crippen LogP contribution in [0.2, 0.25) is 0 Å². The number of aryl methyl sites for hydroxylation is 2. The molecule has 5 nitrogen and oxygen atoms in total. The molecule has 0 atom stereocenters. The third-order valence-corrected chi connectivity index (χ3v) is 5.65. The lowest BCUT2D eigenvalue weighted by Gasteiger charge is -2.39. The monoisotopic (exact) mass is 360 g/mol. The molecule has 1 heterocycles. The third kappa shape index (κ3) is 3.85. The Bertz CT molecular complexity index is 722. The fraction of sp³-hybridized carbons (Fsp3) is 0.579. The molecule has 0 spiro atoms. The molecule has 1 aliphatic carbocycles. The van der Waals surface area contributed by atoms with Gasteiger partial charge in [0, 0.05) is 24.1 Å². The van der Waals surface area contributed by atoms with Gasteiger partial charge in [0.2, 0.25) is 0 Å². The summed E-state index contributed by atoms with van der Waals surface area (Å²) in [4.78, 5) is 7.21. The van der Waals surface area contributed by atoms with Crippen LogP contribution in [-0.4, -0.2) is 58.9 Å². The van der Waals surface area contributed by atoms with E-state index in [1.165, 1.54) is 0 Å². The van der Waals surface area contributed by atoms with Crippen molar-refractivity contribution in [3.05, 3.63) is 35.4 Å². The van der Waals surface area contributed by atoms with Crippen molar-refractivity contribution in [1.82, 2.24) is 19.7 Å². The van der Waals surface area contributed by atoms with Crippen molar-refractivity contribution in [3.63, 3.8) is 0 Å². The Labute approximate surface area is 154 Å². The second kappa shape index (κ2) is 7.79. The van der Waals surface area contributed by atoms with E-state index in [0.717, 1.165) is 53.7 Å². The van der Waals surface area contributed by atoms with E-state index in [2.05, 4.69) is 49.0 Å². The van der Waals surface area contributed by atoms with Crippen LogP contribution in [0.15, 0.2) is 18.2 Å². The van der Waals surface area contributed by atoms with Gasteiger partial charge in [-0.2, -0.15) is 16.9 Å². The minimum absolute atomic E-state index is 0.491. The first-order valence-corrected chi connectivity index (χ1v) is 10.2. The highest BCUT2D eigenvalue weighted by Gasteiger charge is 2.35. The average Bonchev–Trinajstić information content (AvgIpc) is 2.95. The number of methoxy groups -OCH3 is 1. The van der Waals surface area contributed by atoms with E-state index in [0.29, 0.717) is 12.0 Å². The van der Waals surface area contributed by atoms with Crippen LogP contribution in [-0.2, 0) is 6.42 Å². The smallest absolute Gasteiger partial charge is 0.152 e. The van der Waals surface area contributed by atoms with Gasteiger partial charge in [-0.25, -0.2) is 9.67 Å². The maximum Gasteiger partial charge on any atom is 0.152 e. The summed E-state index contributed by atoms with van der Waals surface area (Å²) in [6, 6.07) is 6.88. The minimum Gasteiger partial charge on any atom is -0.496 e. The van der Waals surface area contributed by atoms with Crippen molar-refractivity contribution in [2.24, 2.45) is 0 Å². The molecule has 1 saturated carbocycles. The highest BCUT2D eigenvalue weighted by Crippen LogP contribution is 2.39. The molecule has 0 bridgehead atoms. The summed E-state index contributed by atoms with van der Waals surface area (Å²) in [5, 5.41) is 4.83. The maximum absolute atomic E-state index is 5.39. The summed E-state index contributed by atoms with van der Waals surface area (Å²) in [7, 11) is 6.02. The van der Waals surface area contributed by atoms with Gasteiger partial charge in [-0.15, -0.1) is 0 Å². The van der Waals surface area contributed by atoms with Crippen LogP contribution < -0.4 is 4.74 Å². The molecule has 2 aromatic rings. The molecule has 0 amide bonds. The number of ether oxygens (including phenoxy) is 1. The predicted molar refractivity (Wildman–Crippen MR) is 104 cm³/mol. The van der Waals surface area contributed by atoms with Crippen molar-refractivity contribution >= 4 is 11.8 Å². The molecule has 1 aromatic heterocycles. The van der Waals surface area contributed by atoms with E-state index < -0.39 is 0 Å². The molecule has 136 valence electrons. The molecule has 6 heteroatoms. The van der Waals surface area contributed by atoms with E-state index in [1.807, 2.05) is 17.8 Å². The first-order chi connectivity index (χ1) is 12.0. The van der Waals surface area contributed by atoms with Gasteiger partial charge in [0.05, 0.1) is 12.8 Å². The Kier molecular flexibility index (Phi) is 5.69. The molecule has 25 heavy (non-hydrogen) atoms. The second-order valence-electron chi connectivity index (χ2n) is 6.98. The van der Waals surface area contributed by atoms with Gasteiger partial charge in [0.1, 0.15) is 11.6 Å². The highest BCUT2D eigenvalue weighted by atomic mass is 32.2. The summed E-state index contributed by atoms with van der Waals surface area (Å²) in [5.41, 5.74) is 2.19. The lowest BCUT2D eigenvalue weighted by molar-refractivity contribution is 0.160. The Morgan fingerprint density at radius 1 is 1.32 bits per heavy atom. The molecule has 1 aromatic carbocycles. The summed E-state index contributed by atoms with van der Waals surface area (Å²) in [5.74, 6) is 4.51. The summed E-state index contributed by atoms with van der Waals surface area (Å²) in [6.45, 7) is 2.07. The molecule has 0 N–H and O–H groups in total. The number of benzene rings is 1. The minimum atomic E-state index is 0.491. The molecule has 3 rings (SSSR count). The Hall–Kier alpha value is -1.53. The zero-order chi connectivity index (χ0) is 18.0. The fourth-order valence-electron chi connectivity index (χ4n) is 3.34. The van der Waals surface area contributed by atoms with Crippen molar-refractivity contribution in [3.8, 4) is 11.4 Å². The molecule has 1 fully saturated rings. The molecular weight excluding hydrogens is 332 g/mol. The molecule has 0 aliphatic heterocycles. The van der Waals surface area contributed by atoms with Crippen LogP contribution in [0.4, 0.5) is 0 Å². The quantitative estimate of drug-likeness (QED) is 0.758. The number of aromatic nitrogens is 3. The zero-order valence-corrected chi connectivity index (χ0v) is 16.6. The fourth-order valence-corrected chi connectivity index (χ4v) is 3.72.